The average molecular weight is 390 g/mol. The number of hydrogen-bond acceptors (Lipinski definition) is 7. The smallest absolute Gasteiger partial charge is 0.259 e. The van der Waals surface area contributed by atoms with Crippen molar-refractivity contribution < 1.29 is 0 Å². The van der Waals surface area contributed by atoms with Gasteiger partial charge in [0.05, 0.1) is 22.6 Å². The molecule has 8 heteroatoms. The fourth-order valence-corrected chi connectivity index (χ4v) is 5.08. The van der Waals surface area contributed by atoms with E-state index < -0.39 is 0 Å². The minimum Gasteiger partial charge on any atom is -0.309 e. The summed E-state index contributed by atoms with van der Waals surface area (Å²) in [5.74, 6) is 0.775. The van der Waals surface area contributed by atoms with Crippen molar-refractivity contribution in [1.82, 2.24) is 24.8 Å². The van der Waals surface area contributed by atoms with Crippen molar-refractivity contribution in [3.8, 4) is 0 Å². The van der Waals surface area contributed by atoms with E-state index in [9.17, 15) is 4.79 Å². The molecule has 0 spiro atoms. The number of thiophene rings is 1. The Kier molecular flexibility index (Phi) is 4.92. The standard InChI is InChI=1S/C18H23N5OS2/c1-11-13(3)26-18-15(11)17(24)20-16(21-18)12(2)23-6-4-22(5-7-23)8-14-9-25-10-19-14/h9-10,12H,4-8H2,1-3H3,(H,20,21,24). The van der Waals surface area contributed by atoms with E-state index in [2.05, 4.69) is 32.1 Å². The molecule has 1 N–H and O–H groups in total. The van der Waals surface area contributed by atoms with Gasteiger partial charge >= 0.3 is 0 Å². The minimum absolute atomic E-state index is 0.0131. The topological polar surface area (TPSA) is 65.1 Å². The summed E-state index contributed by atoms with van der Waals surface area (Å²) in [7, 11) is 0. The minimum atomic E-state index is -0.0131. The van der Waals surface area contributed by atoms with E-state index in [1.165, 1.54) is 4.88 Å². The van der Waals surface area contributed by atoms with Crippen molar-refractivity contribution in [2.24, 2.45) is 0 Å². The lowest BCUT2D eigenvalue weighted by Gasteiger charge is -2.37. The quantitative estimate of drug-likeness (QED) is 0.743. The number of thiazole rings is 1. The summed E-state index contributed by atoms with van der Waals surface area (Å²) in [5.41, 5.74) is 4.07. The molecule has 0 bridgehead atoms. The third-order valence-corrected chi connectivity index (χ3v) is 7.01. The van der Waals surface area contributed by atoms with Gasteiger partial charge in [0.1, 0.15) is 10.7 Å². The van der Waals surface area contributed by atoms with Gasteiger partial charge in [0.15, 0.2) is 0 Å². The van der Waals surface area contributed by atoms with E-state index in [0.29, 0.717) is 0 Å². The van der Waals surface area contributed by atoms with Crippen LogP contribution in [0.1, 0.15) is 34.9 Å². The number of aryl methyl sites for hydroxylation is 2. The number of nitrogens with zero attached hydrogens (tertiary/aromatic N) is 4. The molecule has 1 atom stereocenters. The average Bonchev–Trinajstić information content (AvgIpc) is 3.23. The van der Waals surface area contributed by atoms with Gasteiger partial charge in [-0.15, -0.1) is 22.7 Å². The molecule has 1 fully saturated rings. The van der Waals surface area contributed by atoms with Crippen LogP contribution in [0, 0.1) is 13.8 Å². The summed E-state index contributed by atoms with van der Waals surface area (Å²) in [6, 6.07) is 0.108. The molecule has 0 amide bonds. The van der Waals surface area contributed by atoms with Gasteiger partial charge in [-0.1, -0.05) is 0 Å². The third-order valence-electron chi connectivity index (χ3n) is 5.28. The Morgan fingerprint density at radius 1 is 1.27 bits per heavy atom. The van der Waals surface area contributed by atoms with Gasteiger partial charge < -0.3 is 4.98 Å². The van der Waals surface area contributed by atoms with Crippen molar-refractivity contribution in [1.29, 1.82) is 0 Å². The number of piperazine rings is 1. The number of aromatic nitrogens is 3. The Hall–Kier alpha value is -1.61. The number of fused-ring (bicyclic) bond motifs is 1. The summed E-state index contributed by atoms with van der Waals surface area (Å²) in [5, 5.41) is 2.86. The van der Waals surface area contributed by atoms with Gasteiger partial charge in [0.25, 0.3) is 5.56 Å². The predicted octanol–water partition coefficient (Wildman–Crippen LogP) is 2.94. The zero-order valence-electron chi connectivity index (χ0n) is 15.3. The van der Waals surface area contributed by atoms with Gasteiger partial charge in [0.2, 0.25) is 0 Å². The number of hydrogen-bond donors (Lipinski definition) is 1. The highest BCUT2D eigenvalue weighted by atomic mass is 32.1. The van der Waals surface area contributed by atoms with Crippen LogP contribution in [-0.2, 0) is 6.54 Å². The molecule has 1 aliphatic heterocycles. The molecule has 4 heterocycles. The molecular weight excluding hydrogens is 366 g/mol. The van der Waals surface area contributed by atoms with Crippen LogP contribution in [0.25, 0.3) is 10.2 Å². The van der Waals surface area contributed by atoms with Crippen LogP contribution in [-0.4, -0.2) is 50.9 Å². The lowest BCUT2D eigenvalue weighted by atomic mass is 10.2. The lowest BCUT2D eigenvalue weighted by molar-refractivity contribution is 0.0942. The Balaban J connectivity index is 1.47. The first kappa shape index (κ1) is 17.8. The molecule has 1 aliphatic rings. The molecule has 3 aromatic rings. The molecule has 6 nitrogen and oxygen atoms in total. The van der Waals surface area contributed by atoms with Gasteiger partial charge in [-0.05, 0) is 26.3 Å². The summed E-state index contributed by atoms with van der Waals surface area (Å²) < 4.78 is 0. The highest BCUT2D eigenvalue weighted by Crippen LogP contribution is 2.27. The molecule has 4 rings (SSSR count). The maximum Gasteiger partial charge on any atom is 0.259 e. The number of aromatic amines is 1. The van der Waals surface area contributed by atoms with E-state index in [4.69, 9.17) is 4.98 Å². The third kappa shape index (κ3) is 3.34. The largest absolute Gasteiger partial charge is 0.309 e. The molecule has 1 unspecified atom stereocenters. The van der Waals surface area contributed by atoms with E-state index in [1.807, 2.05) is 19.4 Å². The summed E-state index contributed by atoms with van der Waals surface area (Å²) in [6.45, 7) is 11.0. The highest BCUT2D eigenvalue weighted by Gasteiger charge is 2.24. The molecule has 138 valence electrons. The van der Waals surface area contributed by atoms with Crippen molar-refractivity contribution in [2.75, 3.05) is 26.2 Å². The molecule has 1 saturated heterocycles. The van der Waals surface area contributed by atoms with Crippen LogP contribution in [0.4, 0.5) is 0 Å². The Morgan fingerprint density at radius 2 is 2.04 bits per heavy atom. The van der Waals surface area contributed by atoms with E-state index in [0.717, 1.165) is 60.0 Å². The zero-order valence-corrected chi connectivity index (χ0v) is 16.9. The highest BCUT2D eigenvalue weighted by molar-refractivity contribution is 7.18. The van der Waals surface area contributed by atoms with Crippen molar-refractivity contribution >= 4 is 32.9 Å². The Labute approximate surface area is 160 Å². The van der Waals surface area contributed by atoms with Crippen molar-refractivity contribution in [2.45, 2.75) is 33.4 Å². The molecule has 0 saturated carbocycles. The van der Waals surface area contributed by atoms with Crippen LogP contribution < -0.4 is 5.56 Å². The Morgan fingerprint density at radius 3 is 2.73 bits per heavy atom. The second-order valence-electron chi connectivity index (χ2n) is 6.88. The lowest BCUT2D eigenvalue weighted by Crippen LogP contribution is -2.47. The van der Waals surface area contributed by atoms with Crippen LogP contribution in [0.2, 0.25) is 0 Å². The second kappa shape index (κ2) is 7.19. The van der Waals surface area contributed by atoms with Crippen LogP contribution in [0.15, 0.2) is 15.7 Å². The van der Waals surface area contributed by atoms with Gasteiger partial charge in [-0.2, -0.15) is 0 Å². The summed E-state index contributed by atoms with van der Waals surface area (Å²) >= 11 is 3.26. The molecule has 3 aromatic heterocycles. The first-order valence-corrected chi connectivity index (χ1v) is 10.6. The summed E-state index contributed by atoms with van der Waals surface area (Å²) in [6.07, 6.45) is 0. The molecular formula is C18H23N5OS2. The van der Waals surface area contributed by atoms with Gasteiger partial charge in [0, 0.05) is 43.0 Å². The zero-order chi connectivity index (χ0) is 18.3. The molecule has 0 aliphatic carbocycles. The van der Waals surface area contributed by atoms with Crippen molar-refractivity contribution in [3.63, 3.8) is 0 Å². The van der Waals surface area contributed by atoms with Crippen LogP contribution in [0.3, 0.4) is 0 Å². The van der Waals surface area contributed by atoms with Crippen molar-refractivity contribution in [3.05, 3.63) is 43.2 Å². The van der Waals surface area contributed by atoms with Gasteiger partial charge in [-0.25, -0.2) is 9.97 Å². The van der Waals surface area contributed by atoms with E-state index in [-0.39, 0.29) is 11.6 Å². The molecule has 0 aromatic carbocycles. The maximum atomic E-state index is 12.5. The first-order valence-electron chi connectivity index (χ1n) is 8.86. The van der Waals surface area contributed by atoms with Crippen LogP contribution in [0.5, 0.6) is 0 Å². The fraction of sp³-hybridized carbons (Fsp3) is 0.500. The van der Waals surface area contributed by atoms with Crippen LogP contribution >= 0.6 is 22.7 Å². The fourth-order valence-electron chi connectivity index (χ4n) is 3.50. The normalized spacial score (nSPS) is 17.8. The number of nitrogens with one attached hydrogen (secondary N) is 1. The number of H-pyrrole nitrogens is 1. The monoisotopic (exact) mass is 389 g/mol. The maximum absolute atomic E-state index is 12.5. The molecule has 26 heavy (non-hydrogen) atoms. The van der Waals surface area contributed by atoms with E-state index in [1.54, 1.807) is 22.7 Å². The predicted molar refractivity (Wildman–Crippen MR) is 107 cm³/mol. The number of rotatable bonds is 4. The SMILES string of the molecule is Cc1sc2nc(C(C)N3CCN(Cc4cscn4)CC3)[nH]c(=O)c2c1C. The summed E-state index contributed by atoms with van der Waals surface area (Å²) in [4.78, 5) is 31.6. The Bertz CT molecular complexity index is 954. The molecule has 0 radical (unpaired) electrons. The van der Waals surface area contributed by atoms with E-state index >= 15 is 0 Å². The first-order chi connectivity index (χ1) is 12.5. The van der Waals surface area contributed by atoms with Gasteiger partial charge in [-0.3, -0.25) is 14.6 Å². The second-order valence-corrected chi connectivity index (χ2v) is 8.80.